The first-order chi connectivity index (χ1) is 16.0. The molecule has 8 nitrogen and oxygen atoms in total. The zero-order valence-corrected chi connectivity index (χ0v) is 19.5. The van der Waals surface area contributed by atoms with Gasteiger partial charge in [0, 0.05) is 10.6 Å². The molecule has 2 aromatic carbocycles. The number of nitrogens with one attached hydrogen (secondary N) is 3. The monoisotopic (exact) mass is 499 g/mol. The van der Waals surface area contributed by atoms with Crippen LogP contribution in [0, 0.1) is 4.77 Å². The van der Waals surface area contributed by atoms with Gasteiger partial charge in [0.05, 0.1) is 4.88 Å². The summed E-state index contributed by atoms with van der Waals surface area (Å²) in [6.07, 6.45) is 0. The van der Waals surface area contributed by atoms with Crippen LogP contribution >= 0.6 is 35.2 Å². The van der Waals surface area contributed by atoms with Crippen LogP contribution < -0.4 is 15.6 Å². The number of hydrazine groups is 1. The number of thiophene rings is 1. The second-order valence-electron chi connectivity index (χ2n) is 6.86. The summed E-state index contributed by atoms with van der Waals surface area (Å²) in [5, 5.41) is 9.41. The van der Waals surface area contributed by atoms with Crippen molar-refractivity contribution in [3.8, 4) is 16.5 Å². The Labute approximate surface area is 203 Å². The fourth-order valence-corrected chi connectivity index (χ4v) is 3.93. The molecular formula is C22H18ClN5O3S2. The highest BCUT2D eigenvalue weighted by Crippen LogP contribution is 2.22. The van der Waals surface area contributed by atoms with Crippen LogP contribution in [0.1, 0.15) is 15.9 Å². The van der Waals surface area contributed by atoms with E-state index >= 15 is 0 Å². The molecule has 2 heterocycles. The number of aromatic nitrogens is 3. The van der Waals surface area contributed by atoms with E-state index in [1.807, 2.05) is 17.5 Å². The Morgan fingerprint density at radius 1 is 1.09 bits per heavy atom. The maximum Gasteiger partial charge on any atom is 0.269 e. The highest BCUT2D eigenvalue weighted by atomic mass is 35.5. The molecule has 0 saturated heterocycles. The highest BCUT2D eigenvalue weighted by molar-refractivity contribution is 7.71. The molecule has 0 fully saturated rings. The summed E-state index contributed by atoms with van der Waals surface area (Å²) in [5.74, 6) is 0.381. The maximum absolute atomic E-state index is 12.4. The van der Waals surface area contributed by atoms with Crippen molar-refractivity contribution in [1.82, 2.24) is 25.6 Å². The lowest BCUT2D eigenvalue weighted by atomic mass is 10.1. The summed E-state index contributed by atoms with van der Waals surface area (Å²) in [6, 6.07) is 17.7. The highest BCUT2D eigenvalue weighted by Gasteiger charge is 2.14. The van der Waals surface area contributed by atoms with E-state index in [4.69, 9.17) is 28.6 Å². The Hall–Kier alpha value is -3.47. The van der Waals surface area contributed by atoms with Gasteiger partial charge in [0.2, 0.25) is 0 Å². The number of hydrogen-bond acceptors (Lipinski definition) is 6. The second-order valence-corrected chi connectivity index (χ2v) is 8.63. The Kier molecular flexibility index (Phi) is 7.18. The SMILES string of the molecule is O=C(Cn1c(-c2cccs2)n[nH]c1=S)NNC(=O)c1ccc(COc2ccc(Cl)cc2)cc1. The van der Waals surface area contributed by atoms with Crippen molar-refractivity contribution in [2.45, 2.75) is 13.2 Å². The lowest BCUT2D eigenvalue weighted by molar-refractivity contribution is -0.122. The molecule has 4 rings (SSSR count). The van der Waals surface area contributed by atoms with E-state index in [1.54, 1.807) is 53.1 Å². The summed E-state index contributed by atoms with van der Waals surface area (Å²) in [7, 11) is 0. The molecule has 0 aliphatic heterocycles. The summed E-state index contributed by atoms with van der Waals surface area (Å²) in [6.45, 7) is 0.252. The smallest absolute Gasteiger partial charge is 0.269 e. The van der Waals surface area contributed by atoms with Gasteiger partial charge >= 0.3 is 0 Å². The minimum absolute atomic E-state index is 0.0934. The predicted molar refractivity (Wildman–Crippen MR) is 129 cm³/mol. The average Bonchev–Trinajstić information content (AvgIpc) is 3.48. The minimum atomic E-state index is -0.442. The standard InChI is InChI=1S/C22H18ClN5O3S2/c23-16-7-9-17(10-8-16)31-13-14-3-5-15(6-4-14)21(30)26-24-19(29)12-28-20(25-27-22(28)32)18-2-1-11-33-18/h1-11H,12-13H2,(H,24,29)(H,26,30)(H,27,32). The molecule has 0 saturated carbocycles. The van der Waals surface area contributed by atoms with Gasteiger partial charge in [-0.05, 0) is 65.6 Å². The van der Waals surface area contributed by atoms with Gasteiger partial charge in [0.15, 0.2) is 10.6 Å². The molecule has 4 aromatic rings. The van der Waals surface area contributed by atoms with E-state index in [0.29, 0.717) is 33.5 Å². The first kappa shape index (κ1) is 22.7. The van der Waals surface area contributed by atoms with Crippen LogP contribution in [0.25, 0.3) is 10.7 Å². The molecule has 2 amide bonds. The van der Waals surface area contributed by atoms with Crippen LogP contribution in [0.4, 0.5) is 0 Å². The van der Waals surface area contributed by atoms with Crippen LogP contribution in [-0.4, -0.2) is 26.6 Å². The first-order valence-electron chi connectivity index (χ1n) is 9.75. The molecule has 0 bridgehead atoms. The number of halogens is 1. The van der Waals surface area contributed by atoms with Crippen molar-refractivity contribution in [3.05, 3.63) is 87.0 Å². The fraction of sp³-hybridized carbons (Fsp3) is 0.0909. The third-order valence-electron chi connectivity index (χ3n) is 4.55. The third kappa shape index (κ3) is 5.86. The van der Waals surface area contributed by atoms with Gasteiger partial charge in [-0.3, -0.25) is 30.1 Å². The van der Waals surface area contributed by atoms with Crippen LogP contribution in [-0.2, 0) is 17.9 Å². The van der Waals surface area contributed by atoms with Crippen molar-refractivity contribution in [2.75, 3.05) is 0 Å². The van der Waals surface area contributed by atoms with Gasteiger partial charge in [-0.15, -0.1) is 11.3 Å². The third-order valence-corrected chi connectivity index (χ3v) is 5.98. The van der Waals surface area contributed by atoms with Crippen LogP contribution in [0.3, 0.4) is 0 Å². The van der Waals surface area contributed by atoms with E-state index in [9.17, 15) is 9.59 Å². The predicted octanol–water partition coefficient (Wildman–Crippen LogP) is 4.36. The number of H-pyrrole nitrogens is 1. The summed E-state index contributed by atoms with van der Waals surface area (Å²) >= 11 is 12.6. The van der Waals surface area contributed by atoms with Gasteiger partial charge in [-0.2, -0.15) is 5.10 Å². The number of nitrogens with zero attached hydrogens (tertiary/aromatic N) is 2. The molecule has 33 heavy (non-hydrogen) atoms. The Morgan fingerprint density at radius 2 is 1.85 bits per heavy atom. The van der Waals surface area contributed by atoms with E-state index in [2.05, 4.69) is 21.0 Å². The van der Waals surface area contributed by atoms with Crippen molar-refractivity contribution >= 4 is 47.0 Å². The number of aromatic amines is 1. The maximum atomic E-state index is 12.4. The zero-order chi connectivity index (χ0) is 23.2. The van der Waals surface area contributed by atoms with Crippen LogP contribution in [0.2, 0.25) is 5.02 Å². The summed E-state index contributed by atoms with van der Waals surface area (Å²) in [5.41, 5.74) is 6.10. The number of ether oxygens (including phenoxy) is 1. The van der Waals surface area contributed by atoms with E-state index in [-0.39, 0.29) is 6.54 Å². The van der Waals surface area contributed by atoms with Crippen LogP contribution in [0.15, 0.2) is 66.0 Å². The average molecular weight is 500 g/mol. The molecule has 0 aliphatic rings. The molecule has 0 atom stereocenters. The molecule has 0 aliphatic carbocycles. The number of carbonyl (C=O) groups excluding carboxylic acids is 2. The van der Waals surface area contributed by atoms with Crippen molar-refractivity contribution < 1.29 is 14.3 Å². The molecule has 2 aromatic heterocycles. The lowest BCUT2D eigenvalue weighted by Gasteiger charge is -2.10. The molecule has 3 N–H and O–H groups in total. The molecule has 11 heteroatoms. The summed E-state index contributed by atoms with van der Waals surface area (Å²) < 4.78 is 7.57. The number of benzene rings is 2. The van der Waals surface area contributed by atoms with E-state index in [1.165, 1.54) is 11.3 Å². The van der Waals surface area contributed by atoms with Crippen molar-refractivity contribution in [1.29, 1.82) is 0 Å². The number of amides is 2. The normalized spacial score (nSPS) is 10.6. The molecule has 168 valence electrons. The second kappa shape index (κ2) is 10.4. The van der Waals surface area contributed by atoms with Gasteiger partial charge < -0.3 is 4.74 Å². The lowest BCUT2D eigenvalue weighted by Crippen LogP contribution is -2.43. The minimum Gasteiger partial charge on any atom is -0.489 e. The summed E-state index contributed by atoms with van der Waals surface area (Å²) in [4.78, 5) is 25.6. The van der Waals surface area contributed by atoms with Crippen LogP contribution in [0.5, 0.6) is 5.75 Å². The van der Waals surface area contributed by atoms with Gasteiger partial charge in [0.1, 0.15) is 18.9 Å². The molecule has 0 unspecified atom stereocenters. The molecule has 0 radical (unpaired) electrons. The Balaban J connectivity index is 1.29. The first-order valence-corrected chi connectivity index (χ1v) is 11.4. The number of carbonyl (C=O) groups is 2. The molecular weight excluding hydrogens is 482 g/mol. The largest absolute Gasteiger partial charge is 0.489 e. The zero-order valence-electron chi connectivity index (χ0n) is 17.1. The van der Waals surface area contributed by atoms with Crippen molar-refractivity contribution in [3.63, 3.8) is 0 Å². The topological polar surface area (TPSA) is 101 Å². The van der Waals surface area contributed by atoms with Gasteiger partial charge in [-0.1, -0.05) is 29.8 Å². The van der Waals surface area contributed by atoms with E-state index in [0.717, 1.165) is 10.4 Å². The fourth-order valence-electron chi connectivity index (χ4n) is 2.89. The quantitative estimate of drug-likeness (QED) is 0.259. The van der Waals surface area contributed by atoms with Crippen molar-refractivity contribution in [2.24, 2.45) is 0 Å². The Morgan fingerprint density at radius 3 is 2.55 bits per heavy atom. The number of rotatable bonds is 7. The van der Waals surface area contributed by atoms with E-state index < -0.39 is 11.8 Å². The molecule has 0 spiro atoms. The van der Waals surface area contributed by atoms with Gasteiger partial charge in [0.25, 0.3) is 11.8 Å². The van der Waals surface area contributed by atoms with Gasteiger partial charge in [-0.25, -0.2) is 0 Å². The number of hydrogen-bond donors (Lipinski definition) is 3. The Bertz CT molecular complexity index is 1300.